The lowest BCUT2D eigenvalue weighted by atomic mass is 10.1. The van der Waals surface area contributed by atoms with Gasteiger partial charge in [0.05, 0.1) is 24.2 Å². The van der Waals surface area contributed by atoms with Crippen molar-refractivity contribution in [2.75, 3.05) is 19.8 Å². The molecular weight excluding hydrogens is 298 g/mol. The molecule has 0 spiro atoms. The van der Waals surface area contributed by atoms with Crippen molar-refractivity contribution in [3.05, 3.63) is 29.0 Å². The van der Waals surface area contributed by atoms with Gasteiger partial charge in [-0.3, -0.25) is 4.90 Å². The second-order valence-corrected chi connectivity index (χ2v) is 7.05. The number of hydrogen-bond donors (Lipinski definition) is 0. The van der Waals surface area contributed by atoms with Crippen molar-refractivity contribution >= 4 is 22.6 Å². The van der Waals surface area contributed by atoms with Gasteiger partial charge in [-0.1, -0.05) is 11.6 Å². The van der Waals surface area contributed by atoms with Gasteiger partial charge in [0.25, 0.3) is 0 Å². The molecule has 0 bridgehead atoms. The van der Waals surface area contributed by atoms with Crippen LogP contribution in [-0.4, -0.2) is 40.3 Å². The highest BCUT2D eigenvalue weighted by Crippen LogP contribution is 2.31. The molecule has 1 saturated carbocycles. The Morgan fingerprint density at radius 2 is 2.23 bits per heavy atom. The minimum Gasteiger partial charge on any atom is -0.381 e. The quantitative estimate of drug-likeness (QED) is 0.847. The molecule has 1 aliphatic heterocycles. The molecule has 1 aromatic carbocycles. The number of aryl methyl sites for hydroxylation is 1. The molecule has 0 radical (unpaired) electrons. The summed E-state index contributed by atoms with van der Waals surface area (Å²) in [5, 5.41) is 0.749. The average molecular weight is 320 g/mol. The number of imidazole rings is 1. The summed E-state index contributed by atoms with van der Waals surface area (Å²) in [7, 11) is 2.10. The van der Waals surface area contributed by atoms with E-state index in [1.807, 2.05) is 12.1 Å². The maximum atomic E-state index is 6.09. The van der Waals surface area contributed by atoms with Crippen LogP contribution in [0.15, 0.2) is 18.2 Å². The van der Waals surface area contributed by atoms with E-state index in [4.69, 9.17) is 21.3 Å². The van der Waals surface area contributed by atoms with E-state index in [1.54, 1.807) is 0 Å². The van der Waals surface area contributed by atoms with Gasteiger partial charge in [-0.2, -0.15) is 0 Å². The predicted octanol–water partition coefficient (Wildman–Crippen LogP) is 3.23. The molecule has 2 aliphatic rings. The first-order chi connectivity index (χ1) is 10.7. The normalized spacial score (nSPS) is 22.0. The van der Waals surface area contributed by atoms with E-state index in [2.05, 4.69) is 22.6 Å². The smallest absolute Gasteiger partial charge is 0.123 e. The Hall–Kier alpha value is -1.10. The summed E-state index contributed by atoms with van der Waals surface area (Å²) >= 11 is 6.09. The van der Waals surface area contributed by atoms with Crippen LogP contribution < -0.4 is 0 Å². The summed E-state index contributed by atoms with van der Waals surface area (Å²) in [6.45, 7) is 3.90. The zero-order chi connectivity index (χ0) is 15.1. The van der Waals surface area contributed by atoms with Crippen LogP contribution in [-0.2, 0) is 18.3 Å². The Balaban J connectivity index is 1.56. The Kier molecular flexibility index (Phi) is 3.84. The lowest BCUT2D eigenvalue weighted by Gasteiger charge is -2.24. The Morgan fingerprint density at radius 1 is 1.36 bits per heavy atom. The predicted molar refractivity (Wildman–Crippen MR) is 88.1 cm³/mol. The Bertz CT molecular complexity index is 674. The van der Waals surface area contributed by atoms with Gasteiger partial charge >= 0.3 is 0 Å². The molecule has 0 amide bonds. The minimum atomic E-state index is 0.685. The van der Waals surface area contributed by atoms with E-state index in [1.165, 1.54) is 19.3 Å². The Morgan fingerprint density at radius 3 is 2.95 bits per heavy atom. The summed E-state index contributed by atoms with van der Waals surface area (Å²) in [5.74, 6) is 1.81. The van der Waals surface area contributed by atoms with Gasteiger partial charge in [0.2, 0.25) is 0 Å². The first kappa shape index (κ1) is 14.5. The van der Waals surface area contributed by atoms with E-state index in [0.29, 0.717) is 5.92 Å². The molecule has 0 N–H and O–H groups in total. The molecule has 1 aromatic heterocycles. The van der Waals surface area contributed by atoms with Gasteiger partial charge in [-0.15, -0.1) is 0 Å². The maximum absolute atomic E-state index is 6.09. The zero-order valence-corrected chi connectivity index (χ0v) is 13.7. The van der Waals surface area contributed by atoms with Crippen LogP contribution in [0.3, 0.4) is 0 Å². The van der Waals surface area contributed by atoms with Crippen molar-refractivity contribution in [3.63, 3.8) is 0 Å². The van der Waals surface area contributed by atoms with Gasteiger partial charge in [0, 0.05) is 31.3 Å². The number of halogens is 1. The number of ether oxygens (including phenoxy) is 1. The first-order valence-corrected chi connectivity index (χ1v) is 8.51. The van der Waals surface area contributed by atoms with Crippen molar-refractivity contribution in [3.8, 4) is 0 Å². The SMILES string of the molecule is Cn1c(CN(C[C@H]2CCOC2)C2CC2)nc2cc(Cl)ccc21. The molecule has 1 atom stereocenters. The van der Waals surface area contributed by atoms with Crippen molar-refractivity contribution < 1.29 is 4.74 Å². The van der Waals surface area contributed by atoms with Crippen LogP contribution >= 0.6 is 11.6 Å². The third kappa shape index (κ3) is 2.87. The summed E-state index contributed by atoms with van der Waals surface area (Å²) in [6, 6.07) is 6.68. The summed E-state index contributed by atoms with van der Waals surface area (Å²) in [4.78, 5) is 7.40. The molecule has 2 fully saturated rings. The van der Waals surface area contributed by atoms with Gasteiger partial charge < -0.3 is 9.30 Å². The van der Waals surface area contributed by atoms with Gasteiger partial charge in [0.1, 0.15) is 5.82 Å². The molecule has 22 heavy (non-hydrogen) atoms. The van der Waals surface area contributed by atoms with Crippen LogP contribution in [0.25, 0.3) is 11.0 Å². The highest BCUT2D eigenvalue weighted by Gasteiger charge is 2.32. The standard InChI is InChI=1S/C17H22ClN3O/c1-20-16-5-2-13(18)8-15(16)19-17(20)10-21(14-3-4-14)9-12-6-7-22-11-12/h2,5,8,12,14H,3-4,6-7,9-11H2,1H3/t12-/m1/s1. The molecule has 1 aliphatic carbocycles. The topological polar surface area (TPSA) is 30.3 Å². The molecule has 2 aromatic rings. The van der Waals surface area contributed by atoms with Crippen molar-refractivity contribution in [1.82, 2.24) is 14.5 Å². The van der Waals surface area contributed by atoms with E-state index in [9.17, 15) is 0 Å². The molecule has 4 rings (SSSR count). The first-order valence-electron chi connectivity index (χ1n) is 8.13. The minimum absolute atomic E-state index is 0.685. The fourth-order valence-electron chi connectivity index (χ4n) is 3.39. The van der Waals surface area contributed by atoms with Gasteiger partial charge in [0.15, 0.2) is 0 Å². The van der Waals surface area contributed by atoms with Crippen LogP contribution in [0.4, 0.5) is 0 Å². The molecule has 118 valence electrons. The fourth-order valence-corrected chi connectivity index (χ4v) is 3.55. The highest BCUT2D eigenvalue weighted by molar-refractivity contribution is 6.31. The monoisotopic (exact) mass is 319 g/mol. The number of rotatable bonds is 5. The lowest BCUT2D eigenvalue weighted by molar-refractivity contribution is 0.159. The molecule has 0 unspecified atom stereocenters. The Labute approximate surface area is 136 Å². The third-order valence-electron chi connectivity index (χ3n) is 4.86. The highest BCUT2D eigenvalue weighted by atomic mass is 35.5. The fraction of sp³-hybridized carbons (Fsp3) is 0.588. The second kappa shape index (κ2) is 5.84. The summed E-state index contributed by atoms with van der Waals surface area (Å²) in [5.41, 5.74) is 2.14. The molecule has 4 nitrogen and oxygen atoms in total. The van der Waals surface area contributed by atoms with E-state index in [0.717, 1.165) is 54.2 Å². The number of benzene rings is 1. The van der Waals surface area contributed by atoms with Gasteiger partial charge in [-0.25, -0.2) is 4.98 Å². The van der Waals surface area contributed by atoms with Crippen LogP contribution in [0.5, 0.6) is 0 Å². The number of aromatic nitrogens is 2. The third-order valence-corrected chi connectivity index (χ3v) is 5.10. The van der Waals surface area contributed by atoms with E-state index >= 15 is 0 Å². The van der Waals surface area contributed by atoms with Crippen LogP contribution in [0.1, 0.15) is 25.1 Å². The summed E-state index contributed by atoms with van der Waals surface area (Å²) in [6.07, 6.45) is 3.84. The molecule has 5 heteroatoms. The average Bonchev–Trinajstić information content (AvgIpc) is 3.14. The van der Waals surface area contributed by atoms with E-state index in [-0.39, 0.29) is 0 Å². The number of nitrogens with zero attached hydrogens (tertiary/aromatic N) is 3. The molecule has 1 saturated heterocycles. The second-order valence-electron chi connectivity index (χ2n) is 6.61. The molecule has 2 heterocycles. The van der Waals surface area contributed by atoms with Gasteiger partial charge in [-0.05, 0) is 43.4 Å². The summed E-state index contributed by atoms with van der Waals surface area (Å²) < 4.78 is 7.73. The van der Waals surface area contributed by atoms with Crippen LogP contribution in [0, 0.1) is 5.92 Å². The number of hydrogen-bond acceptors (Lipinski definition) is 3. The number of fused-ring (bicyclic) bond motifs is 1. The molecular formula is C17H22ClN3O. The van der Waals surface area contributed by atoms with E-state index < -0.39 is 0 Å². The maximum Gasteiger partial charge on any atom is 0.123 e. The van der Waals surface area contributed by atoms with Crippen molar-refractivity contribution in [2.45, 2.75) is 31.8 Å². The van der Waals surface area contributed by atoms with Crippen LogP contribution in [0.2, 0.25) is 5.02 Å². The zero-order valence-electron chi connectivity index (χ0n) is 13.0. The largest absolute Gasteiger partial charge is 0.381 e. The lowest BCUT2D eigenvalue weighted by Crippen LogP contribution is -2.32. The van der Waals surface area contributed by atoms with Crippen molar-refractivity contribution in [2.24, 2.45) is 13.0 Å². The van der Waals surface area contributed by atoms with Crippen molar-refractivity contribution in [1.29, 1.82) is 0 Å².